The summed E-state index contributed by atoms with van der Waals surface area (Å²) in [5.41, 5.74) is 10.2. The van der Waals surface area contributed by atoms with Gasteiger partial charge in [-0.2, -0.15) is 0 Å². The number of rotatable bonds is 5. The molecule has 0 aliphatic rings. The molecular formula is C53H31N3O2. The summed E-state index contributed by atoms with van der Waals surface area (Å²) in [6, 6.07) is 65.1. The molecule has 0 saturated heterocycles. The van der Waals surface area contributed by atoms with Gasteiger partial charge in [-0.15, -0.1) is 0 Å². The maximum Gasteiger partial charge on any atom is 0.164 e. The van der Waals surface area contributed by atoms with Gasteiger partial charge in [0.2, 0.25) is 0 Å². The van der Waals surface area contributed by atoms with E-state index in [0.717, 1.165) is 99.0 Å². The van der Waals surface area contributed by atoms with Crippen molar-refractivity contribution in [1.82, 2.24) is 15.0 Å². The maximum atomic E-state index is 6.84. The molecule has 0 atom stereocenters. The van der Waals surface area contributed by atoms with Crippen molar-refractivity contribution in [2.75, 3.05) is 0 Å². The van der Waals surface area contributed by atoms with Crippen LogP contribution in [0.25, 0.3) is 122 Å². The van der Waals surface area contributed by atoms with Gasteiger partial charge < -0.3 is 8.83 Å². The Morgan fingerprint density at radius 1 is 0.293 bits per heavy atom. The van der Waals surface area contributed by atoms with Crippen LogP contribution in [0.5, 0.6) is 0 Å². The van der Waals surface area contributed by atoms with Gasteiger partial charge in [-0.3, -0.25) is 0 Å². The van der Waals surface area contributed by atoms with Crippen LogP contribution in [-0.4, -0.2) is 15.0 Å². The molecule has 0 saturated carbocycles. The number of nitrogens with zero attached hydrogens (tertiary/aromatic N) is 3. The lowest BCUT2D eigenvalue weighted by atomic mass is 9.94. The summed E-state index contributed by atoms with van der Waals surface area (Å²) in [6.45, 7) is 0. The summed E-state index contributed by atoms with van der Waals surface area (Å²) in [4.78, 5) is 15.6. The monoisotopic (exact) mass is 741 g/mol. The van der Waals surface area contributed by atoms with Crippen molar-refractivity contribution >= 4 is 65.4 Å². The fourth-order valence-corrected chi connectivity index (χ4v) is 8.49. The lowest BCUT2D eigenvalue weighted by Gasteiger charge is -2.12. The molecule has 3 heterocycles. The van der Waals surface area contributed by atoms with E-state index in [-0.39, 0.29) is 0 Å². The summed E-state index contributed by atoms with van der Waals surface area (Å²) < 4.78 is 13.3. The highest BCUT2D eigenvalue weighted by Gasteiger charge is 2.23. The molecule has 5 nitrogen and oxygen atoms in total. The summed E-state index contributed by atoms with van der Waals surface area (Å²) in [7, 11) is 0. The van der Waals surface area contributed by atoms with Crippen LogP contribution in [0.1, 0.15) is 0 Å². The van der Waals surface area contributed by atoms with Crippen LogP contribution in [0.15, 0.2) is 197 Å². The van der Waals surface area contributed by atoms with E-state index in [4.69, 9.17) is 23.8 Å². The van der Waals surface area contributed by atoms with Gasteiger partial charge in [-0.1, -0.05) is 146 Å². The molecular weight excluding hydrogens is 711 g/mol. The predicted octanol–water partition coefficient (Wildman–Crippen LogP) is 14.3. The van der Waals surface area contributed by atoms with E-state index in [1.165, 1.54) is 5.39 Å². The summed E-state index contributed by atoms with van der Waals surface area (Å²) >= 11 is 0. The van der Waals surface area contributed by atoms with Crippen molar-refractivity contribution < 1.29 is 8.83 Å². The Labute approximate surface area is 332 Å². The van der Waals surface area contributed by atoms with E-state index in [0.29, 0.717) is 17.5 Å². The van der Waals surface area contributed by atoms with Gasteiger partial charge >= 0.3 is 0 Å². The zero-order valence-electron chi connectivity index (χ0n) is 31.1. The van der Waals surface area contributed by atoms with Crippen LogP contribution < -0.4 is 0 Å². The molecule has 12 aromatic rings. The first-order valence-corrected chi connectivity index (χ1v) is 19.4. The second kappa shape index (κ2) is 12.8. The van der Waals surface area contributed by atoms with Gasteiger partial charge in [0.25, 0.3) is 0 Å². The van der Waals surface area contributed by atoms with E-state index in [9.17, 15) is 0 Å². The number of aromatic nitrogens is 3. The number of furan rings is 2. The highest BCUT2D eigenvalue weighted by molar-refractivity contribution is 6.21. The first kappa shape index (κ1) is 32.4. The highest BCUT2D eigenvalue weighted by Crippen LogP contribution is 2.45. The molecule has 5 heteroatoms. The lowest BCUT2D eigenvalue weighted by Crippen LogP contribution is -2.00. The Kier molecular flexibility index (Phi) is 7.16. The van der Waals surface area contributed by atoms with Gasteiger partial charge in [-0.25, -0.2) is 15.0 Å². The first-order chi connectivity index (χ1) is 28.7. The number of fused-ring (bicyclic) bond motifs is 8. The molecule has 12 rings (SSSR count). The minimum Gasteiger partial charge on any atom is -0.456 e. The summed E-state index contributed by atoms with van der Waals surface area (Å²) in [5, 5.41) is 8.65. The molecule has 9 aromatic carbocycles. The maximum absolute atomic E-state index is 6.84. The number of para-hydroxylation sites is 1. The predicted molar refractivity (Wildman–Crippen MR) is 237 cm³/mol. The Morgan fingerprint density at radius 2 is 0.897 bits per heavy atom. The molecule has 0 fully saturated rings. The third-order valence-electron chi connectivity index (χ3n) is 11.3. The number of benzene rings is 9. The Hall–Kier alpha value is -7.89. The van der Waals surface area contributed by atoms with Gasteiger partial charge in [0.1, 0.15) is 22.3 Å². The minimum absolute atomic E-state index is 0.571. The van der Waals surface area contributed by atoms with Crippen molar-refractivity contribution in [3.63, 3.8) is 0 Å². The van der Waals surface area contributed by atoms with Crippen LogP contribution in [0.2, 0.25) is 0 Å². The van der Waals surface area contributed by atoms with Crippen LogP contribution in [0, 0.1) is 0 Å². The van der Waals surface area contributed by atoms with Crippen molar-refractivity contribution in [3.05, 3.63) is 188 Å². The highest BCUT2D eigenvalue weighted by atomic mass is 16.3. The van der Waals surface area contributed by atoms with Crippen molar-refractivity contribution in [2.45, 2.75) is 0 Å². The van der Waals surface area contributed by atoms with Gasteiger partial charge in [0, 0.05) is 43.8 Å². The topological polar surface area (TPSA) is 65.0 Å². The van der Waals surface area contributed by atoms with Crippen molar-refractivity contribution in [3.8, 4) is 56.4 Å². The van der Waals surface area contributed by atoms with E-state index in [1.807, 2.05) is 24.3 Å². The average molecular weight is 742 g/mol. The van der Waals surface area contributed by atoms with Crippen LogP contribution in [-0.2, 0) is 0 Å². The molecule has 0 aliphatic carbocycles. The molecule has 0 bridgehead atoms. The van der Waals surface area contributed by atoms with Gasteiger partial charge in [0.15, 0.2) is 17.5 Å². The normalized spacial score (nSPS) is 11.8. The SMILES string of the molecule is c1ccc(-c2ccc(-c3nc(-c4ccc5ccccc5c4)nc(-c4ccc(-c5cccc6oc7cc8ccccc8cc7c56)c5oc6ccccc6c45)n3)cc2)cc1. The molecule has 0 amide bonds. The third kappa shape index (κ3) is 5.21. The van der Waals surface area contributed by atoms with Crippen LogP contribution in [0.3, 0.4) is 0 Å². The third-order valence-corrected chi connectivity index (χ3v) is 11.3. The standard InChI is InChI=1S/C53H31N3O2/c1-2-11-32(12-3-1)34-21-24-35(25-22-34)51-54-52(39-26-23-33-13-4-5-14-36(33)29-39)56-53(55-51)43-28-27-41(50-49(43)42-17-8-9-19-45(42)58-50)40-18-10-20-46-48(40)44-30-37-15-6-7-16-38(37)31-47(44)57-46/h1-31H. The van der Waals surface area contributed by atoms with Crippen LogP contribution in [0.4, 0.5) is 0 Å². The largest absolute Gasteiger partial charge is 0.456 e. The lowest BCUT2D eigenvalue weighted by molar-refractivity contribution is 0.669. The Bertz CT molecular complexity index is 3570. The van der Waals surface area contributed by atoms with Crippen molar-refractivity contribution in [2.24, 2.45) is 0 Å². The Morgan fingerprint density at radius 3 is 1.72 bits per heavy atom. The molecule has 0 aliphatic heterocycles. The molecule has 270 valence electrons. The van der Waals surface area contributed by atoms with E-state index < -0.39 is 0 Å². The van der Waals surface area contributed by atoms with Gasteiger partial charge in [0.05, 0.1) is 0 Å². The molecule has 0 unspecified atom stereocenters. The second-order valence-corrected chi connectivity index (χ2v) is 14.8. The van der Waals surface area contributed by atoms with E-state index >= 15 is 0 Å². The Balaban J connectivity index is 1.09. The van der Waals surface area contributed by atoms with Crippen molar-refractivity contribution in [1.29, 1.82) is 0 Å². The average Bonchev–Trinajstić information content (AvgIpc) is 3.86. The number of hydrogen-bond donors (Lipinski definition) is 0. The summed E-state index contributed by atoms with van der Waals surface area (Å²) in [6.07, 6.45) is 0. The number of hydrogen-bond acceptors (Lipinski definition) is 5. The minimum atomic E-state index is 0.571. The fourth-order valence-electron chi connectivity index (χ4n) is 8.49. The van der Waals surface area contributed by atoms with Gasteiger partial charge in [-0.05, 0) is 80.7 Å². The van der Waals surface area contributed by atoms with Crippen LogP contribution >= 0.6 is 0 Å². The summed E-state index contributed by atoms with van der Waals surface area (Å²) in [5.74, 6) is 1.77. The quantitative estimate of drug-likeness (QED) is 0.176. The second-order valence-electron chi connectivity index (χ2n) is 14.8. The van der Waals surface area contributed by atoms with E-state index in [2.05, 4.69) is 164 Å². The smallest absolute Gasteiger partial charge is 0.164 e. The van der Waals surface area contributed by atoms with E-state index in [1.54, 1.807) is 0 Å². The molecule has 3 aromatic heterocycles. The first-order valence-electron chi connectivity index (χ1n) is 19.4. The molecule has 0 spiro atoms. The molecule has 0 radical (unpaired) electrons. The zero-order valence-corrected chi connectivity index (χ0v) is 31.1. The molecule has 0 N–H and O–H groups in total. The fraction of sp³-hybridized carbons (Fsp3) is 0. The zero-order chi connectivity index (χ0) is 38.2. The molecule has 58 heavy (non-hydrogen) atoms.